The average Bonchev–Trinajstić information content (AvgIpc) is 2.67. The number of hydrogen-bond donors (Lipinski definition) is 1. The molecule has 1 saturated carbocycles. The summed E-state index contributed by atoms with van der Waals surface area (Å²) in [6.07, 6.45) is 0.887. The maximum atomic E-state index is 12.3. The van der Waals surface area contributed by atoms with E-state index in [0.29, 0.717) is 5.91 Å². The third kappa shape index (κ3) is 1.98. The third-order valence-electron chi connectivity index (χ3n) is 3.63. The number of nitrogens with one attached hydrogen (secondary N) is 1. The van der Waals surface area contributed by atoms with Crippen LogP contribution in [-0.4, -0.2) is 47.3 Å². The zero-order valence-electron chi connectivity index (χ0n) is 9.15. The van der Waals surface area contributed by atoms with Gasteiger partial charge in [-0.15, -0.1) is 0 Å². The van der Waals surface area contributed by atoms with Gasteiger partial charge in [0.25, 0.3) is 0 Å². The fourth-order valence-electron chi connectivity index (χ4n) is 2.07. The molecule has 0 aromatic carbocycles. The summed E-state index contributed by atoms with van der Waals surface area (Å²) in [6, 6.07) is 0. The number of nitrogens with zero attached hydrogens (tertiary/aromatic N) is 1. The SMILES string of the molecule is C[NH+]1CCN(C(=O)[C@@]2(C)CC2(Br)Br)CC1. The van der Waals surface area contributed by atoms with E-state index in [4.69, 9.17) is 0 Å². The number of quaternary nitrogens is 1. The Morgan fingerprint density at radius 1 is 1.33 bits per heavy atom. The van der Waals surface area contributed by atoms with Crippen LogP contribution in [0, 0.1) is 5.41 Å². The van der Waals surface area contributed by atoms with Crippen LogP contribution in [0.15, 0.2) is 0 Å². The van der Waals surface area contributed by atoms with Gasteiger partial charge in [-0.2, -0.15) is 0 Å². The van der Waals surface area contributed by atoms with Crippen molar-refractivity contribution in [3.63, 3.8) is 0 Å². The fraction of sp³-hybridized carbons (Fsp3) is 0.900. The lowest BCUT2D eigenvalue weighted by Gasteiger charge is -2.32. The number of likely N-dealkylation sites (N-methyl/N-ethyl adjacent to an activating group) is 1. The molecule has 0 aromatic heterocycles. The van der Waals surface area contributed by atoms with E-state index in [0.717, 1.165) is 32.6 Å². The number of rotatable bonds is 1. The molecule has 86 valence electrons. The minimum atomic E-state index is -0.238. The highest BCUT2D eigenvalue weighted by molar-refractivity contribution is 9.25. The summed E-state index contributed by atoms with van der Waals surface area (Å²) in [5, 5.41) is 0. The Bertz CT molecular complexity index is 287. The van der Waals surface area contributed by atoms with Crippen molar-refractivity contribution < 1.29 is 9.69 Å². The van der Waals surface area contributed by atoms with Crippen molar-refractivity contribution in [3.8, 4) is 0 Å². The molecule has 2 aliphatic rings. The largest absolute Gasteiger partial charge is 0.334 e. The molecule has 0 spiro atoms. The molecule has 1 N–H and O–H groups in total. The van der Waals surface area contributed by atoms with Crippen LogP contribution in [0.25, 0.3) is 0 Å². The van der Waals surface area contributed by atoms with Crippen LogP contribution >= 0.6 is 31.9 Å². The average molecular weight is 341 g/mol. The van der Waals surface area contributed by atoms with Crippen molar-refractivity contribution in [2.75, 3.05) is 33.2 Å². The summed E-state index contributed by atoms with van der Waals surface area (Å²) in [5.41, 5.74) is -0.238. The number of halogens is 2. The quantitative estimate of drug-likeness (QED) is 0.679. The number of carbonyl (C=O) groups is 1. The monoisotopic (exact) mass is 339 g/mol. The number of amides is 1. The topological polar surface area (TPSA) is 24.8 Å². The van der Waals surface area contributed by atoms with Crippen LogP contribution in [0.5, 0.6) is 0 Å². The maximum Gasteiger partial charge on any atom is 0.231 e. The van der Waals surface area contributed by atoms with E-state index >= 15 is 0 Å². The fourth-order valence-corrected chi connectivity index (χ4v) is 3.53. The van der Waals surface area contributed by atoms with E-state index in [-0.39, 0.29) is 8.65 Å². The van der Waals surface area contributed by atoms with Crippen molar-refractivity contribution in [3.05, 3.63) is 0 Å². The molecule has 3 nitrogen and oxygen atoms in total. The number of carbonyl (C=O) groups excluding carboxylic acids is 1. The minimum Gasteiger partial charge on any atom is -0.334 e. The summed E-state index contributed by atoms with van der Waals surface area (Å²) < 4.78 is -0.152. The highest BCUT2D eigenvalue weighted by Gasteiger charge is 2.67. The second-order valence-electron chi connectivity index (χ2n) is 4.96. The first-order chi connectivity index (χ1) is 6.87. The van der Waals surface area contributed by atoms with E-state index in [1.54, 1.807) is 0 Å². The van der Waals surface area contributed by atoms with Gasteiger partial charge in [-0.3, -0.25) is 4.79 Å². The molecular weight excluding hydrogens is 324 g/mol. The predicted molar refractivity (Wildman–Crippen MR) is 66.5 cm³/mol. The Hall–Kier alpha value is 0.390. The summed E-state index contributed by atoms with van der Waals surface area (Å²) in [5.74, 6) is 0.295. The molecule has 1 heterocycles. The van der Waals surface area contributed by atoms with Crippen LogP contribution in [0.3, 0.4) is 0 Å². The van der Waals surface area contributed by atoms with E-state index in [2.05, 4.69) is 38.9 Å². The Morgan fingerprint density at radius 2 is 1.80 bits per heavy atom. The van der Waals surface area contributed by atoms with E-state index in [9.17, 15) is 4.79 Å². The Labute approximate surface area is 107 Å². The van der Waals surface area contributed by atoms with Crippen LogP contribution in [-0.2, 0) is 4.79 Å². The molecular formula is C10H17Br2N2O+. The van der Waals surface area contributed by atoms with E-state index in [1.165, 1.54) is 4.90 Å². The predicted octanol–water partition coefficient (Wildman–Crippen LogP) is 0.239. The van der Waals surface area contributed by atoms with Crippen molar-refractivity contribution in [1.29, 1.82) is 0 Å². The molecule has 15 heavy (non-hydrogen) atoms. The summed E-state index contributed by atoms with van der Waals surface area (Å²) in [6.45, 7) is 5.97. The lowest BCUT2D eigenvalue weighted by molar-refractivity contribution is -0.883. The van der Waals surface area contributed by atoms with Gasteiger partial charge in [0.05, 0.1) is 41.9 Å². The first kappa shape index (κ1) is 11.9. The van der Waals surface area contributed by atoms with Crippen molar-refractivity contribution in [1.82, 2.24) is 4.90 Å². The van der Waals surface area contributed by atoms with Gasteiger partial charge in [0.1, 0.15) is 0 Å². The van der Waals surface area contributed by atoms with Gasteiger partial charge >= 0.3 is 0 Å². The molecule has 2 fully saturated rings. The van der Waals surface area contributed by atoms with Crippen molar-refractivity contribution >= 4 is 37.8 Å². The number of alkyl halides is 2. The first-order valence-corrected chi connectivity index (χ1v) is 6.94. The maximum absolute atomic E-state index is 12.3. The van der Waals surface area contributed by atoms with Gasteiger partial charge in [-0.05, 0) is 13.3 Å². The first-order valence-electron chi connectivity index (χ1n) is 5.35. The molecule has 1 saturated heterocycles. The Balaban J connectivity index is 1.98. The van der Waals surface area contributed by atoms with Crippen LogP contribution in [0.4, 0.5) is 0 Å². The van der Waals surface area contributed by atoms with Gasteiger partial charge < -0.3 is 9.80 Å². The van der Waals surface area contributed by atoms with Crippen molar-refractivity contribution in [2.45, 2.75) is 16.6 Å². The molecule has 1 aliphatic heterocycles. The van der Waals surface area contributed by atoms with Crippen LogP contribution < -0.4 is 4.90 Å². The highest BCUT2D eigenvalue weighted by Crippen LogP contribution is 2.66. The normalized spacial score (nSPS) is 35.3. The zero-order chi connectivity index (χ0) is 11.3. The lowest BCUT2D eigenvalue weighted by Crippen LogP contribution is -3.12. The van der Waals surface area contributed by atoms with Gasteiger partial charge in [0, 0.05) is 0 Å². The van der Waals surface area contributed by atoms with Crippen molar-refractivity contribution in [2.24, 2.45) is 5.41 Å². The number of hydrogen-bond acceptors (Lipinski definition) is 1. The molecule has 0 radical (unpaired) electrons. The van der Waals surface area contributed by atoms with Crippen LogP contribution in [0.2, 0.25) is 0 Å². The minimum absolute atomic E-state index is 0.152. The molecule has 5 heteroatoms. The lowest BCUT2D eigenvalue weighted by atomic mass is 10.1. The highest BCUT2D eigenvalue weighted by atomic mass is 79.9. The standard InChI is InChI=1S/C10H16Br2N2O/c1-9(7-10(9,11)12)8(15)14-5-3-13(2)4-6-14/h3-7H2,1-2H3/p+1/t9-/m1/s1. The Kier molecular flexibility index (Phi) is 2.93. The van der Waals surface area contributed by atoms with Gasteiger partial charge in [-0.25, -0.2) is 0 Å². The smallest absolute Gasteiger partial charge is 0.231 e. The molecule has 1 atom stereocenters. The zero-order valence-corrected chi connectivity index (χ0v) is 12.3. The number of piperazine rings is 1. The summed E-state index contributed by atoms with van der Waals surface area (Å²) >= 11 is 7.10. The molecule has 1 amide bonds. The Morgan fingerprint density at radius 3 is 2.20 bits per heavy atom. The molecule has 2 rings (SSSR count). The summed E-state index contributed by atoms with van der Waals surface area (Å²) in [4.78, 5) is 15.8. The molecule has 1 aliphatic carbocycles. The second kappa shape index (κ2) is 3.70. The molecule has 0 unspecified atom stereocenters. The van der Waals surface area contributed by atoms with Gasteiger partial charge in [0.15, 0.2) is 0 Å². The van der Waals surface area contributed by atoms with E-state index < -0.39 is 0 Å². The molecule has 0 aromatic rings. The van der Waals surface area contributed by atoms with Crippen LogP contribution in [0.1, 0.15) is 13.3 Å². The van der Waals surface area contributed by atoms with Gasteiger partial charge in [0.2, 0.25) is 5.91 Å². The molecule has 0 bridgehead atoms. The second-order valence-corrected chi connectivity index (χ2v) is 8.73. The summed E-state index contributed by atoms with van der Waals surface area (Å²) in [7, 11) is 2.18. The van der Waals surface area contributed by atoms with Gasteiger partial charge in [-0.1, -0.05) is 31.9 Å². The third-order valence-corrected chi connectivity index (χ3v) is 5.95. The van der Waals surface area contributed by atoms with E-state index in [1.807, 2.05) is 11.8 Å².